The second kappa shape index (κ2) is 4.89. The lowest BCUT2D eigenvalue weighted by molar-refractivity contribution is -0.139. The van der Waals surface area contributed by atoms with Crippen molar-refractivity contribution in [2.24, 2.45) is 13.5 Å². The Balaban J connectivity index is 2.92. The maximum absolute atomic E-state index is 13.4. The molecule has 1 aliphatic rings. The zero-order chi connectivity index (χ0) is 14.2. The summed E-state index contributed by atoms with van der Waals surface area (Å²) in [6, 6.07) is 0. The monoisotopic (exact) mass is 343 g/mol. The van der Waals surface area contributed by atoms with E-state index in [9.17, 15) is 34.2 Å². The maximum Gasteiger partial charge on any atom is 0.425 e. The van der Waals surface area contributed by atoms with Gasteiger partial charge in [-0.25, -0.2) is 0 Å². The zero-order valence-electron chi connectivity index (χ0n) is 8.03. The van der Waals surface area contributed by atoms with Crippen LogP contribution >= 0.6 is 23.4 Å². The van der Waals surface area contributed by atoms with Gasteiger partial charge < -0.3 is 4.52 Å². The Morgan fingerprint density at radius 3 is 1.78 bits per heavy atom. The number of alkyl halides is 3. The van der Waals surface area contributed by atoms with Crippen molar-refractivity contribution in [3.8, 4) is 0 Å². The van der Waals surface area contributed by atoms with Crippen LogP contribution in [-0.4, -0.2) is 12.8 Å². The molecule has 1 heterocycles. The van der Waals surface area contributed by atoms with Crippen molar-refractivity contribution in [2.75, 3.05) is 6.61 Å². The highest BCUT2D eigenvalue weighted by atomic mass is 31.3. The Hall–Kier alpha value is 0.0900. The molecule has 0 fully saturated rings. The first kappa shape index (κ1) is 16.1. The molecular formula is C3H4F8N3OP3. The lowest BCUT2D eigenvalue weighted by Crippen LogP contribution is -2.10. The zero-order valence-corrected chi connectivity index (χ0v) is 10.7. The van der Waals surface area contributed by atoms with Gasteiger partial charge in [-0.3, -0.25) is 0 Å². The van der Waals surface area contributed by atoms with E-state index in [0.29, 0.717) is 0 Å². The van der Waals surface area contributed by atoms with Crippen LogP contribution in [0.25, 0.3) is 0 Å². The highest BCUT2D eigenvalue weighted by molar-refractivity contribution is 7.77. The number of hydrogen-bond donors (Lipinski definition) is 0. The predicted molar refractivity (Wildman–Crippen MR) is 50.2 cm³/mol. The molecule has 18 heavy (non-hydrogen) atoms. The van der Waals surface area contributed by atoms with Gasteiger partial charge in [-0.05, 0) is 0 Å². The number of hydrogen-bond acceptors (Lipinski definition) is 4. The number of rotatable bonds is 3. The van der Waals surface area contributed by atoms with Crippen molar-refractivity contribution >= 4 is 23.4 Å². The Labute approximate surface area is 95.7 Å². The molecule has 1 aliphatic heterocycles. The summed E-state index contributed by atoms with van der Waals surface area (Å²) in [5.41, 5.74) is 0. The number of nitrogens with zero attached hydrogens (tertiary/aromatic N) is 3. The van der Waals surface area contributed by atoms with Gasteiger partial charge in [0.25, 0.3) is 0 Å². The molecule has 0 aromatic carbocycles. The number of halogens is 8. The van der Waals surface area contributed by atoms with Crippen LogP contribution in [0, 0.1) is 0 Å². The minimum absolute atomic E-state index is 1.42. The highest BCUT2D eigenvalue weighted by Crippen LogP contribution is 2.81. The quantitative estimate of drug-likeness (QED) is 0.418. The minimum atomic E-state index is -5.94. The van der Waals surface area contributed by atoms with Crippen molar-refractivity contribution in [3.05, 3.63) is 0 Å². The molecule has 0 saturated carbocycles. The van der Waals surface area contributed by atoms with E-state index in [1.807, 2.05) is 9.03 Å². The topological polar surface area (TPSA) is 46.3 Å². The summed E-state index contributed by atoms with van der Waals surface area (Å²) in [6.45, 7) is -1.42. The summed E-state index contributed by atoms with van der Waals surface area (Å²) in [4.78, 5) is 0. The normalized spacial score (nSPS) is 30.0. The van der Waals surface area contributed by atoms with E-state index in [4.69, 9.17) is 0 Å². The molecule has 0 saturated heterocycles. The molecule has 0 spiro atoms. The summed E-state index contributed by atoms with van der Waals surface area (Å²) in [5, 5.41) is 0. The molecule has 0 aliphatic carbocycles. The van der Waals surface area contributed by atoms with E-state index in [1.54, 1.807) is 4.52 Å². The van der Waals surface area contributed by atoms with E-state index < -0.39 is 42.6 Å². The Bertz CT molecular complexity index is 478. The third kappa shape index (κ3) is 5.38. The average Bonchev–Trinajstić information content (AvgIpc) is 1.91. The standard InChI is InChI=1S/C3H4F8N3OP3/c4-3(5,6)1-2-15-18(11)13-16(7,8)12-17(9,10)14-18/h1-2H2. The summed E-state index contributed by atoms with van der Waals surface area (Å²) in [6.07, 6.45) is -6.43. The smallest absolute Gasteiger partial charge is 0.303 e. The Morgan fingerprint density at radius 2 is 1.33 bits per heavy atom. The van der Waals surface area contributed by atoms with Gasteiger partial charge in [0.1, 0.15) is 0 Å². The molecule has 0 amide bonds. The largest absolute Gasteiger partial charge is 0.425 e. The molecule has 108 valence electrons. The first-order valence-electron chi connectivity index (χ1n) is 3.94. The average molecular weight is 343 g/mol. The van der Waals surface area contributed by atoms with Crippen molar-refractivity contribution < 1.29 is 38.7 Å². The van der Waals surface area contributed by atoms with Gasteiger partial charge in [-0.2, -0.15) is 17.4 Å². The molecular weight excluding hydrogens is 339 g/mol. The van der Waals surface area contributed by atoms with Gasteiger partial charge in [0.2, 0.25) is 0 Å². The maximum atomic E-state index is 13.4. The summed E-state index contributed by atoms with van der Waals surface area (Å²) >= 11 is 0. The fourth-order valence-electron chi connectivity index (χ4n) is 0.778. The Morgan fingerprint density at radius 1 is 0.833 bits per heavy atom. The fourth-order valence-corrected chi connectivity index (χ4v) is 6.07. The molecule has 0 aromatic rings. The van der Waals surface area contributed by atoms with E-state index in [2.05, 4.69) is 4.52 Å². The van der Waals surface area contributed by atoms with Gasteiger partial charge in [0, 0.05) is 0 Å². The van der Waals surface area contributed by atoms with E-state index >= 15 is 0 Å². The summed E-state index contributed by atoms with van der Waals surface area (Å²) in [7, 11) is -17.3. The minimum Gasteiger partial charge on any atom is -0.303 e. The van der Waals surface area contributed by atoms with Crippen LogP contribution in [0.1, 0.15) is 6.42 Å². The van der Waals surface area contributed by atoms with Gasteiger partial charge in [-0.15, -0.1) is 30.3 Å². The first-order chi connectivity index (χ1) is 7.83. The van der Waals surface area contributed by atoms with E-state index in [0.717, 1.165) is 0 Å². The van der Waals surface area contributed by atoms with Crippen LogP contribution in [-0.2, 0) is 4.52 Å². The molecule has 1 atom stereocenters. The molecule has 15 heteroatoms. The van der Waals surface area contributed by atoms with Gasteiger partial charge in [-0.1, -0.05) is 0 Å². The molecule has 0 bridgehead atoms. The summed E-state index contributed by atoms with van der Waals surface area (Å²) in [5.74, 6) is 0. The van der Waals surface area contributed by atoms with E-state index in [1.165, 1.54) is 0 Å². The molecule has 0 aromatic heterocycles. The second-order valence-electron chi connectivity index (χ2n) is 2.85. The molecule has 0 radical (unpaired) electrons. The van der Waals surface area contributed by atoms with Crippen LogP contribution < -0.4 is 0 Å². The van der Waals surface area contributed by atoms with Crippen LogP contribution in [0.2, 0.25) is 0 Å². The van der Waals surface area contributed by atoms with Gasteiger partial charge in [0.15, 0.2) is 0 Å². The van der Waals surface area contributed by atoms with Crippen LogP contribution in [0.5, 0.6) is 0 Å². The lowest BCUT2D eigenvalue weighted by atomic mass is 10.5. The first-order valence-corrected chi connectivity index (χ1v) is 8.39. The highest BCUT2D eigenvalue weighted by Gasteiger charge is 2.40. The van der Waals surface area contributed by atoms with Crippen molar-refractivity contribution in [1.82, 2.24) is 0 Å². The van der Waals surface area contributed by atoms with Gasteiger partial charge in [0.05, 0.1) is 13.0 Å². The van der Waals surface area contributed by atoms with Crippen molar-refractivity contribution in [1.29, 1.82) is 0 Å². The van der Waals surface area contributed by atoms with Crippen molar-refractivity contribution in [3.63, 3.8) is 0 Å². The van der Waals surface area contributed by atoms with Gasteiger partial charge >= 0.3 is 29.6 Å². The Kier molecular flexibility index (Phi) is 4.38. The predicted octanol–water partition coefficient (Wildman–Crippen LogP) is 6.66. The van der Waals surface area contributed by atoms with Crippen LogP contribution in [0.4, 0.5) is 34.2 Å². The van der Waals surface area contributed by atoms with E-state index in [-0.39, 0.29) is 0 Å². The third-order valence-corrected chi connectivity index (χ3v) is 7.01. The second-order valence-corrected chi connectivity index (χ2v) is 8.02. The fraction of sp³-hybridized carbons (Fsp3) is 1.00. The molecule has 1 unspecified atom stereocenters. The molecule has 4 nitrogen and oxygen atoms in total. The SMILES string of the molecule is FC(F)(F)CCOP1(F)=NP(F)(F)=NP(F)(F)=N1. The van der Waals surface area contributed by atoms with Crippen LogP contribution in [0.15, 0.2) is 13.5 Å². The summed E-state index contributed by atoms with van der Waals surface area (Å²) < 4.78 is 108. The van der Waals surface area contributed by atoms with Crippen molar-refractivity contribution in [2.45, 2.75) is 12.6 Å². The molecule has 1 rings (SSSR count). The lowest BCUT2D eigenvalue weighted by Gasteiger charge is -2.16. The van der Waals surface area contributed by atoms with Crippen LogP contribution in [0.3, 0.4) is 0 Å². The third-order valence-electron chi connectivity index (χ3n) is 1.29. The molecule has 0 N–H and O–H groups in total.